The van der Waals surface area contributed by atoms with Gasteiger partial charge in [0, 0.05) is 10.0 Å². The van der Waals surface area contributed by atoms with Gasteiger partial charge in [0.15, 0.2) is 5.78 Å². The molecule has 2 aromatic rings. The number of halogens is 2. The van der Waals surface area contributed by atoms with Crippen molar-refractivity contribution in [2.45, 2.75) is 6.92 Å². The summed E-state index contributed by atoms with van der Waals surface area (Å²) in [5.74, 6) is -0.805. The molecule has 1 nitrogen and oxygen atoms in total. The molecule has 0 aliphatic heterocycles. The summed E-state index contributed by atoms with van der Waals surface area (Å²) in [6.07, 6.45) is 0. The van der Waals surface area contributed by atoms with E-state index in [9.17, 15) is 9.18 Å². The fourth-order valence-corrected chi connectivity index (χ4v) is 2.20. The predicted molar refractivity (Wildman–Crippen MR) is 68.7 cm³/mol. The Morgan fingerprint density at radius 2 is 1.82 bits per heavy atom. The lowest BCUT2D eigenvalue weighted by Gasteiger charge is -2.07. The van der Waals surface area contributed by atoms with Gasteiger partial charge in [-0.1, -0.05) is 30.3 Å². The van der Waals surface area contributed by atoms with Crippen molar-refractivity contribution in [2.24, 2.45) is 0 Å². The van der Waals surface area contributed by atoms with Crippen LogP contribution in [0.15, 0.2) is 46.9 Å². The van der Waals surface area contributed by atoms with Crippen molar-refractivity contribution >= 4 is 21.7 Å². The Kier molecular flexibility index (Phi) is 3.38. The minimum Gasteiger partial charge on any atom is -0.288 e. The first kappa shape index (κ1) is 12.0. The molecule has 0 aliphatic rings. The van der Waals surface area contributed by atoms with Crippen LogP contribution in [-0.4, -0.2) is 5.78 Å². The summed E-state index contributed by atoms with van der Waals surface area (Å²) in [5.41, 5.74) is 1.45. The first-order chi connectivity index (χ1) is 8.11. The Morgan fingerprint density at radius 3 is 2.47 bits per heavy atom. The molecule has 86 valence electrons. The van der Waals surface area contributed by atoms with Gasteiger partial charge < -0.3 is 0 Å². The molecule has 17 heavy (non-hydrogen) atoms. The molecule has 3 heteroatoms. The highest BCUT2D eigenvalue weighted by Gasteiger charge is 2.18. The first-order valence-corrected chi connectivity index (χ1v) is 5.95. The Balaban J connectivity index is 2.56. The SMILES string of the molecule is Cc1ccccc1C(=O)c1c(F)cccc1Br. The van der Waals surface area contributed by atoms with E-state index in [1.165, 1.54) is 6.07 Å². The molecule has 0 unspecified atom stereocenters. The van der Waals surface area contributed by atoms with Crippen LogP contribution in [0.25, 0.3) is 0 Å². The van der Waals surface area contributed by atoms with Gasteiger partial charge in [0.25, 0.3) is 0 Å². The fraction of sp³-hybridized carbons (Fsp3) is 0.0714. The number of rotatable bonds is 2. The Hall–Kier alpha value is -1.48. The molecule has 0 radical (unpaired) electrons. The third-order valence-corrected chi connectivity index (χ3v) is 3.24. The summed E-state index contributed by atoms with van der Waals surface area (Å²) in [7, 11) is 0. The van der Waals surface area contributed by atoms with Crippen LogP contribution >= 0.6 is 15.9 Å². The maximum atomic E-state index is 13.7. The van der Waals surface area contributed by atoms with Crippen LogP contribution in [0.5, 0.6) is 0 Å². The molecule has 0 saturated heterocycles. The van der Waals surface area contributed by atoms with Gasteiger partial charge in [0.1, 0.15) is 5.82 Å². The van der Waals surface area contributed by atoms with E-state index in [0.717, 1.165) is 5.56 Å². The first-order valence-electron chi connectivity index (χ1n) is 5.15. The van der Waals surface area contributed by atoms with Crippen molar-refractivity contribution in [2.75, 3.05) is 0 Å². The monoisotopic (exact) mass is 292 g/mol. The molecule has 0 aliphatic carbocycles. The van der Waals surface area contributed by atoms with E-state index in [1.54, 1.807) is 24.3 Å². The Labute approximate surface area is 107 Å². The van der Waals surface area contributed by atoms with Crippen molar-refractivity contribution < 1.29 is 9.18 Å². The third kappa shape index (κ3) is 2.29. The summed E-state index contributed by atoms with van der Waals surface area (Å²) >= 11 is 3.21. The van der Waals surface area contributed by atoms with Gasteiger partial charge in [-0.2, -0.15) is 0 Å². The van der Waals surface area contributed by atoms with Crippen molar-refractivity contribution in [1.82, 2.24) is 0 Å². The van der Waals surface area contributed by atoms with Crippen LogP contribution in [0.3, 0.4) is 0 Å². The lowest BCUT2D eigenvalue weighted by Crippen LogP contribution is -2.07. The van der Waals surface area contributed by atoms with E-state index in [4.69, 9.17) is 0 Å². The molecule has 0 amide bonds. The number of carbonyl (C=O) groups is 1. The third-order valence-electron chi connectivity index (χ3n) is 2.58. The summed E-state index contributed by atoms with van der Waals surface area (Å²) in [6.45, 7) is 1.84. The van der Waals surface area contributed by atoms with Gasteiger partial charge in [-0.15, -0.1) is 0 Å². The predicted octanol–water partition coefficient (Wildman–Crippen LogP) is 4.13. The molecule has 0 aromatic heterocycles. The van der Waals surface area contributed by atoms with Crippen LogP contribution in [0.1, 0.15) is 21.5 Å². The average Bonchev–Trinajstić information content (AvgIpc) is 2.29. The molecule has 0 saturated carbocycles. The molecule has 0 heterocycles. The zero-order valence-corrected chi connectivity index (χ0v) is 10.8. The quantitative estimate of drug-likeness (QED) is 0.761. The van der Waals surface area contributed by atoms with Gasteiger partial charge in [0.05, 0.1) is 5.56 Å². The van der Waals surface area contributed by atoms with Crippen LogP contribution in [0.4, 0.5) is 4.39 Å². The van der Waals surface area contributed by atoms with Crippen molar-refractivity contribution in [1.29, 1.82) is 0 Å². The van der Waals surface area contributed by atoms with Crippen LogP contribution in [0, 0.1) is 12.7 Å². The molecule has 0 fully saturated rings. The highest BCUT2D eigenvalue weighted by molar-refractivity contribution is 9.10. The number of ketones is 1. The number of aryl methyl sites for hydroxylation is 1. The van der Waals surface area contributed by atoms with Crippen molar-refractivity contribution in [3.63, 3.8) is 0 Å². The smallest absolute Gasteiger partial charge is 0.197 e. The van der Waals surface area contributed by atoms with E-state index < -0.39 is 5.82 Å². The zero-order valence-electron chi connectivity index (χ0n) is 9.21. The zero-order chi connectivity index (χ0) is 12.4. The highest BCUT2D eigenvalue weighted by atomic mass is 79.9. The molecule has 0 atom stereocenters. The van der Waals surface area contributed by atoms with Crippen LogP contribution in [-0.2, 0) is 0 Å². The van der Waals surface area contributed by atoms with Gasteiger partial charge >= 0.3 is 0 Å². The fourth-order valence-electron chi connectivity index (χ4n) is 1.68. The minimum atomic E-state index is -0.507. The van der Waals surface area contributed by atoms with Gasteiger partial charge in [-0.25, -0.2) is 4.39 Å². The second-order valence-corrected chi connectivity index (χ2v) is 4.60. The molecular weight excluding hydrogens is 283 g/mol. The molecule has 0 N–H and O–H groups in total. The minimum absolute atomic E-state index is 0.0850. The van der Waals surface area contributed by atoms with Crippen molar-refractivity contribution in [3.8, 4) is 0 Å². The van der Waals surface area contributed by atoms with E-state index in [-0.39, 0.29) is 11.3 Å². The number of hydrogen-bond acceptors (Lipinski definition) is 1. The molecule has 2 aromatic carbocycles. The number of benzene rings is 2. The summed E-state index contributed by atoms with van der Waals surface area (Å²) in [5, 5.41) is 0. The Bertz CT molecular complexity index is 558. The maximum absolute atomic E-state index is 13.7. The van der Waals surface area contributed by atoms with Gasteiger partial charge in [-0.3, -0.25) is 4.79 Å². The molecule has 0 spiro atoms. The second kappa shape index (κ2) is 4.80. The highest BCUT2D eigenvalue weighted by Crippen LogP contribution is 2.23. The van der Waals surface area contributed by atoms with Gasteiger partial charge in [0.2, 0.25) is 0 Å². The summed E-state index contributed by atoms with van der Waals surface area (Å²) < 4.78 is 14.1. The van der Waals surface area contributed by atoms with E-state index in [0.29, 0.717) is 10.0 Å². The molecule has 2 rings (SSSR count). The van der Waals surface area contributed by atoms with E-state index in [1.807, 2.05) is 19.1 Å². The number of carbonyl (C=O) groups excluding carboxylic acids is 1. The van der Waals surface area contributed by atoms with Crippen LogP contribution in [0.2, 0.25) is 0 Å². The maximum Gasteiger partial charge on any atom is 0.197 e. The second-order valence-electron chi connectivity index (χ2n) is 3.74. The Morgan fingerprint density at radius 1 is 1.12 bits per heavy atom. The normalized spacial score (nSPS) is 10.3. The largest absolute Gasteiger partial charge is 0.288 e. The summed E-state index contributed by atoms with van der Waals surface area (Å²) in [6, 6.07) is 11.7. The molecular formula is C14H10BrFO. The lowest BCUT2D eigenvalue weighted by atomic mass is 9.99. The van der Waals surface area contributed by atoms with E-state index >= 15 is 0 Å². The number of hydrogen-bond donors (Lipinski definition) is 0. The van der Waals surface area contributed by atoms with Crippen molar-refractivity contribution in [3.05, 3.63) is 69.4 Å². The topological polar surface area (TPSA) is 17.1 Å². The van der Waals surface area contributed by atoms with E-state index in [2.05, 4.69) is 15.9 Å². The standard InChI is InChI=1S/C14H10BrFO/c1-9-5-2-3-6-10(9)14(17)13-11(15)7-4-8-12(13)16/h2-8H,1H3. The molecule has 0 bridgehead atoms. The summed E-state index contributed by atoms with van der Waals surface area (Å²) in [4.78, 5) is 12.2. The van der Waals surface area contributed by atoms with Gasteiger partial charge in [-0.05, 0) is 40.5 Å². The lowest BCUT2D eigenvalue weighted by molar-refractivity contribution is 0.103. The average molecular weight is 293 g/mol. The van der Waals surface area contributed by atoms with Crippen LogP contribution < -0.4 is 0 Å².